The van der Waals surface area contributed by atoms with Gasteiger partial charge in [-0.15, -0.1) is 0 Å². The number of hydrogen-bond donors (Lipinski definition) is 0. The number of esters is 1. The number of halogens is 1. The van der Waals surface area contributed by atoms with Crippen molar-refractivity contribution >= 4 is 21.9 Å². The van der Waals surface area contributed by atoms with Gasteiger partial charge in [0.2, 0.25) is 0 Å². The molecule has 18 heavy (non-hydrogen) atoms. The lowest BCUT2D eigenvalue weighted by Crippen LogP contribution is -2.14. The van der Waals surface area contributed by atoms with Gasteiger partial charge < -0.3 is 4.74 Å². The zero-order valence-electron chi connectivity index (χ0n) is 12.0. The number of hydrogen-bond acceptors (Lipinski definition) is 2. The van der Waals surface area contributed by atoms with E-state index in [2.05, 4.69) is 22.9 Å². The summed E-state index contributed by atoms with van der Waals surface area (Å²) in [5.41, 5.74) is 0. The first-order valence-electron chi connectivity index (χ1n) is 7.46. The fraction of sp³-hybridized carbons (Fsp3) is 0.933. The number of carbonyl (C=O) groups excluding carboxylic acids is 1. The van der Waals surface area contributed by atoms with Gasteiger partial charge >= 0.3 is 5.97 Å². The lowest BCUT2D eigenvalue weighted by molar-refractivity contribution is -0.148. The Morgan fingerprint density at radius 3 is 2.39 bits per heavy atom. The normalized spacial score (nSPS) is 12.4. The largest absolute Gasteiger partial charge is 0.463 e. The van der Waals surface area contributed by atoms with Crippen molar-refractivity contribution in [3.63, 3.8) is 0 Å². The fourth-order valence-corrected chi connectivity index (χ4v) is 2.31. The molecule has 0 aromatic rings. The second-order valence-electron chi connectivity index (χ2n) is 5.00. The Morgan fingerprint density at radius 1 is 1.06 bits per heavy atom. The van der Waals surface area contributed by atoms with Gasteiger partial charge in [-0.2, -0.15) is 0 Å². The molecule has 0 saturated carbocycles. The first-order valence-corrected chi connectivity index (χ1v) is 8.58. The van der Waals surface area contributed by atoms with E-state index in [-0.39, 0.29) is 12.1 Å². The maximum Gasteiger partial charge on any atom is 0.306 e. The summed E-state index contributed by atoms with van der Waals surface area (Å²) in [5.74, 6) is -0.0329. The van der Waals surface area contributed by atoms with Gasteiger partial charge in [-0.25, -0.2) is 0 Å². The Bertz CT molecular complexity index is 195. The minimum absolute atomic E-state index is 0.0329. The molecule has 0 aromatic carbocycles. The van der Waals surface area contributed by atoms with E-state index in [0.717, 1.165) is 24.6 Å². The van der Waals surface area contributed by atoms with Gasteiger partial charge in [-0.3, -0.25) is 4.79 Å². The van der Waals surface area contributed by atoms with Crippen molar-refractivity contribution in [1.82, 2.24) is 0 Å². The predicted molar refractivity (Wildman–Crippen MR) is 81.2 cm³/mol. The van der Waals surface area contributed by atoms with Crippen LogP contribution in [0.4, 0.5) is 0 Å². The molecule has 0 N–H and O–H groups in total. The lowest BCUT2D eigenvalue weighted by Gasteiger charge is -2.13. The van der Waals surface area contributed by atoms with Crippen LogP contribution in [0.3, 0.4) is 0 Å². The van der Waals surface area contributed by atoms with Gasteiger partial charge in [0.25, 0.3) is 0 Å². The molecule has 0 rings (SSSR count). The second-order valence-corrected chi connectivity index (χ2v) is 5.80. The Balaban J connectivity index is 3.35. The maximum absolute atomic E-state index is 11.5. The Morgan fingerprint density at radius 2 is 1.72 bits per heavy atom. The van der Waals surface area contributed by atoms with E-state index in [1.165, 1.54) is 38.5 Å². The van der Waals surface area contributed by atoms with Crippen LogP contribution in [0, 0.1) is 0 Å². The topological polar surface area (TPSA) is 26.3 Å². The van der Waals surface area contributed by atoms with Crippen LogP contribution in [0.1, 0.15) is 78.1 Å². The van der Waals surface area contributed by atoms with Gasteiger partial charge in [0.15, 0.2) is 0 Å². The Labute approximate surface area is 121 Å². The summed E-state index contributed by atoms with van der Waals surface area (Å²) in [6.45, 7) is 4.24. The molecular formula is C15H29BrO2. The van der Waals surface area contributed by atoms with Crippen molar-refractivity contribution in [2.24, 2.45) is 0 Å². The number of alkyl halides is 1. The molecule has 0 radical (unpaired) electrons. The average molecular weight is 321 g/mol. The van der Waals surface area contributed by atoms with Crippen LogP contribution in [0.15, 0.2) is 0 Å². The standard InChI is InChI=1S/C15H29BrO2/c1-3-4-5-6-7-8-11-14(2)18-15(17)12-9-10-13-16/h14H,3-13H2,1-2H3. The summed E-state index contributed by atoms with van der Waals surface area (Å²) < 4.78 is 5.37. The summed E-state index contributed by atoms with van der Waals surface area (Å²) in [5, 5.41) is 0.966. The molecular weight excluding hydrogens is 292 g/mol. The van der Waals surface area contributed by atoms with Crippen LogP contribution in [0.5, 0.6) is 0 Å². The monoisotopic (exact) mass is 320 g/mol. The molecule has 108 valence electrons. The molecule has 3 heteroatoms. The number of rotatable bonds is 12. The lowest BCUT2D eigenvalue weighted by atomic mass is 10.1. The van der Waals surface area contributed by atoms with Gasteiger partial charge in [0, 0.05) is 11.8 Å². The third-order valence-electron chi connectivity index (χ3n) is 3.06. The van der Waals surface area contributed by atoms with E-state index in [4.69, 9.17) is 4.74 Å². The molecule has 0 spiro atoms. The van der Waals surface area contributed by atoms with E-state index in [1.807, 2.05) is 6.92 Å². The second kappa shape index (κ2) is 13.4. The van der Waals surface area contributed by atoms with Crippen molar-refractivity contribution in [3.8, 4) is 0 Å². The molecule has 0 aliphatic rings. The molecule has 0 saturated heterocycles. The molecule has 0 aliphatic heterocycles. The Kier molecular flexibility index (Phi) is 13.3. The van der Waals surface area contributed by atoms with Crippen LogP contribution < -0.4 is 0 Å². The first-order chi connectivity index (χ1) is 8.70. The maximum atomic E-state index is 11.5. The van der Waals surface area contributed by atoms with Gasteiger partial charge in [0.05, 0.1) is 6.10 Å². The quantitative estimate of drug-likeness (QED) is 0.279. The molecule has 0 fully saturated rings. The molecule has 0 aromatic heterocycles. The van der Waals surface area contributed by atoms with Gasteiger partial charge in [-0.05, 0) is 32.6 Å². The number of carbonyl (C=O) groups is 1. The molecule has 0 aliphatic carbocycles. The van der Waals surface area contributed by atoms with Gasteiger partial charge in [0.1, 0.15) is 0 Å². The number of unbranched alkanes of at least 4 members (excludes halogenated alkanes) is 6. The van der Waals surface area contributed by atoms with E-state index in [1.54, 1.807) is 0 Å². The zero-order chi connectivity index (χ0) is 13.6. The van der Waals surface area contributed by atoms with Crippen molar-refractivity contribution in [1.29, 1.82) is 0 Å². The zero-order valence-corrected chi connectivity index (χ0v) is 13.6. The molecule has 0 heterocycles. The van der Waals surface area contributed by atoms with E-state index >= 15 is 0 Å². The highest BCUT2D eigenvalue weighted by Gasteiger charge is 2.08. The van der Waals surface area contributed by atoms with Crippen LogP contribution in [0.2, 0.25) is 0 Å². The van der Waals surface area contributed by atoms with Crippen molar-refractivity contribution in [2.45, 2.75) is 84.2 Å². The van der Waals surface area contributed by atoms with E-state index < -0.39 is 0 Å². The van der Waals surface area contributed by atoms with Crippen LogP contribution in [0.25, 0.3) is 0 Å². The molecule has 1 atom stereocenters. The molecule has 2 nitrogen and oxygen atoms in total. The minimum atomic E-state index is -0.0329. The highest BCUT2D eigenvalue weighted by atomic mass is 79.9. The smallest absolute Gasteiger partial charge is 0.306 e. The fourth-order valence-electron chi connectivity index (χ4n) is 1.92. The first kappa shape index (κ1) is 17.9. The summed E-state index contributed by atoms with van der Waals surface area (Å²) in [7, 11) is 0. The SMILES string of the molecule is CCCCCCCCC(C)OC(=O)CCCCBr. The van der Waals surface area contributed by atoms with Gasteiger partial charge in [-0.1, -0.05) is 55.0 Å². The van der Waals surface area contributed by atoms with Crippen LogP contribution in [-0.4, -0.2) is 17.4 Å². The minimum Gasteiger partial charge on any atom is -0.463 e. The van der Waals surface area contributed by atoms with Crippen molar-refractivity contribution in [3.05, 3.63) is 0 Å². The van der Waals surface area contributed by atoms with Crippen molar-refractivity contribution < 1.29 is 9.53 Å². The molecule has 0 amide bonds. The van der Waals surface area contributed by atoms with E-state index in [9.17, 15) is 4.79 Å². The summed E-state index contributed by atoms with van der Waals surface area (Å²) >= 11 is 3.36. The molecule has 1 unspecified atom stereocenters. The van der Waals surface area contributed by atoms with E-state index in [0.29, 0.717) is 6.42 Å². The predicted octanol–water partition coefficient (Wildman–Crippen LogP) is 5.23. The summed E-state index contributed by atoms with van der Waals surface area (Å²) in [6, 6.07) is 0. The molecule has 0 bridgehead atoms. The average Bonchev–Trinajstić information content (AvgIpc) is 2.34. The number of ether oxygens (including phenoxy) is 1. The van der Waals surface area contributed by atoms with Crippen LogP contribution >= 0.6 is 15.9 Å². The summed E-state index contributed by atoms with van der Waals surface area (Å²) in [4.78, 5) is 11.5. The highest BCUT2D eigenvalue weighted by Crippen LogP contribution is 2.11. The van der Waals surface area contributed by atoms with Crippen molar-refractivity contribution in [2.75, 3.05) is 5.33 Å². The third kappa shape index (κ3) is 12.4. The third-order valence-corrected chi connectivity index (χ3v) is 3.62. The Hall–Kier alpha value is -0.0500. The van der Waals surface area contributed by atoms with Crippen LogP contribution in [-0.2, 0) is 9.53 Å². The summed E-state index contributed by atoms with van der Waals surface area (Å²) in [6.07, 6.45) is 11.4. The highest BCUT2D eigenvalue weighted by molar-refractivity contribution is 9.09.